The molecule has 0 fully saturated rings. The minimum atomic E-state index is 0.0780. The first-order valence-electron chi connectivity index (χ1n) is 9.92. The van der Waals surface area contributed by atoms with Crippen LogP contribution in [0.3, 0.4) is 0 Å². The highest BCUT2D eigenvalue weighted by molar-refractivity contribution is 7.09. The summed E-state index contributed by atoms with van der Waals surface area (Å²) in [6.07, 6.45) is 0.840. The number of hydrogen-bond acceptors (Lipinski definition) is 5. The van der Waals surface area contributed by atoms with Crippen molar-refractivity contribution in [1.82, 2.24) is 15.6 Å². The number of rotatable bonds is 10. The molecular formula is C21H32N4O2S. The molecule has 2 aromatic rings. The zero-order valence-electron chi connectivity index (χ0n) is 17.5. The standard InChI is InChI=1S/C21H32N4O2S/c1-6-22-21(23-12-11-18-14-28-16(5)25-18)24-15(4)17-9-10-19(26-7-2)20(13-17)27-8-3/h9-10,13-15H,6-8,11-12H2,1-5H3,(H2,22,23,24). The first-order valence-corrected chi connectivity index (χ1v) is 10.8. The van der Waals surface area contributed by atoms with Crippen molar-refractivity contribution in [2.45, 2.75) is 47.1 Å². The van der Waals surface area contributed by atoms with E-state index in [1.807, 2.05) is 32.9 Å². The highest BCUT2D eigenvalue weighted by Gasteiger charge is 2.12. The van der Waals surface area contributed by atoms with Gasteiger partial charge >= 0.3 is 0 Å². The Labute approximate surface area is 172 Å². The van der Waals surface area contributed by atoms with Crippen LogP contribution in [0.2, 0.25) is 0 Å². The molecule has 0 amide bonds. The second-order valence-electron chi connectivity index (χ2n) is 6.31. The van der Waals surface area contributed by atoms with E-state index in [4.69, 9.17) is 14.5 Å². The van der Waals surface area contributed by atoms with Crippen molar-refractivity contribution in [1.29, 1.82) is 0 Å². The molecule has 0 aliphatic heterocycles. The SMILES string of the molecule is CCNC(=NCCc1csc(C)n1)NC(C)c1ccc(OCC)c(OCC)c1. The molecule has 1 unspecified atom stereocenters. The van der Waals surface area contributed by atoms with Crippen LogP contribution in [-0.2, 0) is 6.42 Å². The number of nitrogens with zero attached hydrogens (tertiary/aromatic N) is 2. The van der Waals surface area contributed by atoms with E-state index in [0.717, 1.165) is 46.7 Å². The van der Waals surface area contributed by atoms with E-state index < -0.39 is 0 Å². The summed E-state index contributed by atoms with van der Waals surface area (Å²) in [4.78, 5) is 9.19. The topological polar surface area (TPSA) is 67.8 Å². The van der Waals surface area contributed by atoms with E-state index in [0.29, 0.717) is 19.8 Å². The summed E-state index contributed by atoms with van der Waals surface area (Å²) in [5.41, 5.74) is 2.22. The van der Waals surface area contributed by atoms with Crippen molar-refractivity contribution >= 4 is 17.3 Å². The summed E-state index contributed by atoms with van der Waals surface area (Å²) >= 11 is 1.68. The molecule has 0 spiro atoms. The Morgan fingerprint density at radius 3 is 2.57 bits per heavy atom. The molecule has 1 atom stereocenters. The van der Waals surface area contributed by atoms with Crippen molar-refractivity contribution in [3.8, 4) is 11.5 Å². The molecular weight excluding hydrogens is 372 g/mol. The molecule has 0 aliphatic rings. The van der Waals surface area contributed by atoms with Crippen LogP contribution in [0, 0.1) is 6.92 Å². The maximum absolute atomic E-state index is 5.74. The van der Waals surface area contributed by atoms with Crippen LogP contribution >= 0.6 is 11.3 Å². The van der Waals surface area contributed by atoms with Gasteiger partial charge in [0, 0.05) is 24.9 Å². The van der Waals surface area contributed by atoms with Crippen LogP contribution in [0.25, 0.3) is 0 Å². The van der Waals surface area contributed by atoms with Gasteiger partial charge in [0.1, 0.15) is 0 Å². The van der Waals surface area contributed by atoms with E-state index in [-0.39, 0.29) is 6.04 Å². The van der Waals surface area contributed by atoms with E-state index in [2.05, 4.69) is 40.9 Å². The number of guanidine groups is 1. The van der Waals surface area contributed by atoms with Gasteiger partial charge in [0.05, 0.1) is 30.0 Å². The lowest BCUT2D eigenvalue weighted by Gasteiger charge is -2.20. The first-order chi connectivity index (χ1) is 13.6. The first kappa shape index (κ1) is 22.0. The molecule has 2 N–H and O–H groups in total. The van der Waals surface area contributed by atoms with Crippen LogP contribution < -0.4 is 20.1 Å². The Morgan fingerprint density at radius 2 is 1.93 bits per heavy atom. The van der Waals surface area contributed by atoms with Crippen LogP contribution in [-0.4, -0.2) is 37.2 Å². The third-order valence-corrected chi connectivity index (χ3v) is 4.89. The number of aryl methyl sites for hydroxylation is 1. The van der Waals surface area contributed by atoms with Gasteiger partial charge in [-0.1, -0.05) is 6.07 Å². The number of aliphatic imine (C=N–C) groups is 1. The van der Waals surface area contributed by atoms with Crippen molar-refractivity contribution in [2.24, 2.45) is 4.99 Å². The van der Waals surface area contributed by atoms with Gasteiger partial charge in [-0.25, -0.2) is 4.98 Å². The molecule has 0 radical (unpaired) electrons. The zero-order chi connectivity index (χ0) is 20.4. The van der Waals surface area contributed by atoms with E-state index in [1.54, 1.807) is 11.3 Å². The van der Waals surface area contributed by atoms with Gasteiger partial charge in [0.25, 0.3) is 0 Å². The van der Waals surface area contributed by atoms with Crippen molar-refractivity contribution < 1.29 is 9.47 Å². The molecule has 1 heterocycles. The molecule has 28 heavy (non-hydrogen) atoms. The maximum atomic E-state index is 5.74. The predicted octanol–water partition coefficient (Wildman–Crippen LogP) is 4.11. The Morgan fingerprint density at radius 1 is 1.18 bits per heavy atom. The third-order valence-electron chi connectivity index (χ3n) is 4.07. The highest BCUT2D eigenvalue weighted by Crippen LogP contribution is 2.30. The minimum Gasteiger partial charge on any atom is -0.490 e. The van der Waals surface area contributed by atoms with E-state index in [1.165, 1.54) is 0 Å². The number of benzene rings is 1. The molecule has 154 valence electrons. The van der Waals surface area contributed by atoms with Crippen molar-refractivity contribution in [2.75, 3.05) is 26.3 Å². The normalized spacial score (nSPS) is 12.5. The second kappa shape index (κ2) is 11.5. The summed E-state index contributed by atoms with van der Waals surface area (Å²) < 4.78 is 11.4. The Hall–Kier alpha value is -2.28. The predicted molar refractivity (Wildman–Crippen MR) is 117 cm³/mol. The van der Waals surface area contributed by atoms with Crippen LogP contribution in [0.5, 0.6) is 11.5 Å². The average Bonchev–Trinajstić information content (AvgIpc) is 3.08. The smallest absolute Gasteiger partial charge is 0.191 e. The quantitative estimate of drug-likeness (QED) is 0.461. The summed E-state index contributed by atoms with van der Waals surface area (Å²) in [7, 11) is 0. The summed E-state index contributed by atoms with van der Waals surface area (Å²) in [6.45, 7) is 12.9. The van der Waals surface area contributed by atoms with Gasteiger partial charge in [-0.05, 0) is 52.3 Å². The van der Waals surface area contributed by atoms with Crippen LogP contribution in [0.1, 0.15) is 50.0 Å². The fourth-order valence-corrected chi connectivity index (χ4v) is 3.40. The Bertz CT molecular complexity index is 761. The van der Waals surface area contributed by atoms with E-state index >= 15 is 0 Å². The number of thiazole rings is 1. The van der Waals surface area contributed by atoms with Gasteiger partial charge in [-0.15, -0.1) is 11.3 Å². The van der Waals surface area contributed by atoms with Crippen molar-refractivity contribution in [3.63, 3.8) is 0 Å². The molecule has 0 saturated heterocycles. The van der Waals surface area contributed by atoms with Crippen LogP contribution in [0.4, 0.5) is 0 Å². The largest absolute Gasteiger partial charge is 0.490 e. The van der Waals surface area contributed by atoms with Gasteiger partial charge in [-0.3, -0.25) is 4.99 Å². The fraction of sp³-hybridized carbons (Fsp3) is 0.524. The van der Waals surface area contributed by atoms with Gasteiger partial charge in [-0.2, -0.15) is 0 Å². The second-order valence-corrected chi connectivity index (χ2v) is 7.37. The van der Waals surface area contributed by atoms with Gasteiger partial charge in [0.2, 0.25) is 0 Å². The summed E-state index contributed by atoms with van der Waals surface area (Å²) in [5, 5.41) is 9.98. The molecule has 2 rings (SSSR count). The zero-order valence-corrected chi connectivity index (χ0v) is 18.4. The third kappa shape index (κ3) is 6.71. The number of hydrogen-bond donors (Lipinski definition) is 2. The number of nitrogens with one attached hydrogen (secondary N) is 2. The number of aromatic nitrogens is 1. The highest BCUT2D eigenvalue weighted by atomic mass is 32.1. The van der Waals surface area contributed by atoms with Crippen molar-refractivity contribution in [3.05, 3.63) is 39.8 Å². The molecule has 6 nitrogen and oxygen atoms in total. The molecule has 1 aromatic carbocycles. The molecule has 0 bridgehead atoms. The Balaban J connectivity index is 2.04. The molecule has 0 saturated carbocycles. The molecule has 7 heteroatoms. The fourth-order valence-electron chi connectivity index (χ4n) is 2.75. The number of ether oxygens (including phenoxy) is 2. The Kier molecular flexibility index (Phi) is 9.07. The van der Waals surface area contributed by atoms with E-state index in [9.17, 15) is 0 Å². The lowest BCUT2D eigenvalue weighted by atomic mass is 10.1. The maximum Gasteiger partial charge on any atom is 0.191 e. The molecule has 1 aromatic heterocycles. The average molecular weight is 405 g/mol. The van der Waals surface area contributed by atoms with Gasteiger partial charge in [0.15, 0.2) is 17.5 Å². The molecule has 0 aliphatic carbocycles. The summed E-state index contributed by atoms with van der Waals surface area (Å²) in [6, 6.07) is 6.14. The lowest BCUT2D eigenvalue weighted by molar-refractivity contribution is 0.287. The lowest BCUT2D eigenvalue weighted by Crippen LogP contribution is -2.38. The van der Waals surface area contributed by atoms with Gasteiger partial charge < -0.3 is 20.1 Å². The monoisotopic (exact) mass is 404 g/mol. The van der Waals surface area contributed by atoms with Crippen LogP contribution in [0.15, 0.2) is 28.6 Å². The summed E-state index contributed by atoms with van der Waals surface area (Å²) in [5.74, 6) is 2.35. The minimum absolute atomic E-state index is 0.0780.